The molecule has 0 spiro atoms. The van der Waals surface area contributed by atoms with E-state index in [9.17, 15) is 0 Å². The molecule has 14 heavy (non-hydrogen) atoms. The van der Waals surface area contributed by atoms with E-state index in [1.165, 1.54) is 6.33 Å². The van der Waals surface area contributed by atoms with E-state index >= 15 is 0 Å². The fourth-order valence-electron chi connectivity index (χ4n) is 1.07. The maximum atomic E-state index is 8.52. The van der Waals surface area contributed by atoms with Crippen molar-refractivity contribution in [3.8, 4) is 6.07 Å². The van der Waals surface area contributed by atoms with Gasteiger partial charge in [0, 0.05) is 5.38 Å². The number of rotatable bonds is 2. The second kappa shape index (κ2) is 3.55. The summed E-state index contributed by atoms with van der Waals surface area (Å²) in [5.74, 6) is 0.192. The molecule has 0 aromatic carbocycles. The Kier molecular flexibility index (Phi) is 2.24. The van der Waals surface area contributed by atoms with Crippen molar-refractivity contribution in [2.45, 2.75) is 13.5 Å². The van der Waals surface area contributed by atoms with Gasteiger partial charge in [0.25, 0.3) is 5.82 Å². The molecule has 2 aromatic heterocycles. The third-order valence-electron chi connectivity index (χ3n) is 1.63. The maximum absolute atomic E-state index is 8.52. The lowest BCUT2D eigenvalue weighted by Crippen LogP contribution is -2.00. The van der Waals surface area contributed by atoms with E-state index in [-0.39, 0.29) is 5.82 Å². The number of hydrogen-bond acceptors (Lipinski definition) is 5. The molecule has 5 nitrogen and oxygen atoms in total. The van der Waals surface area contributed by atoms with Crippen molar-refractivity contribution in [2.75, 3.05) is 0 Å². The molecule has 2 rings (SSSR count). The monoisotopic (exact) mass is 205 g/mol. The van der Waals surface area contributed by atoms with Gasteiger partial charge >= 0.3 is 0 Å². The lowest BCUT2D eigenvalue weighted by atomic mass is 10.5. The first-order chi connectivity index (χ1) is 6.78. The van der Waals surface area contributed by atoms with Crippen molar-refractivity contribution in [2.24, 2.45) is 0 Å². The first kappa shape index (κ1) is 8.84. The van der Waals surface area contributed by atoms with Crippen molar-refractivity contribution in [3.05, 3.63) is 28.2 Å². The van der Waals surface area contributed by atoms with E-state index < -0.39 is 0 Å². The highest BCUT2D eigenvalue weighted by molar-refractivity contribution is 7.09. The van der Waals surface area contributed by atoms with Crippen molar-refractivity contribution >= 4 is 11.3 Å². The smallest absolute Gasteiger partial charge is 0.246 e. The Morgan fingerprint density at radius 2 is 2.50 bits per heavy atom. The van der Waals surface area contributed by atoms with Crippen molar-refractivity contribution in [1.29, 1.82) is 5.26 Å². The van der Waals surface area contributed by atoms with Gasteiger partial charge in [-0.05, 0) is 6.92 Å². The number of nitriles is 1. The standard InChI is InChI=1S/C8H7N5S/c1-6-11-7(4-14-6)3-13-5-10-8(2-9)12-13/h4-5H,3H2,1H3. The largest absolute Gasteiger partial charge is 0.252 e. The Labute approximate surface area is 84.7 Å². The molecule has 2 heterocycles. The minimum atomic E-state index is 0.192. The van der Waals surface area contributed by atoms with Crippen molar-refractivity contribution in [1.82, 2.24) is 19.7 Å². The number of aromatic nitrogens is 4. The van der Waals surface area contributed by atoms with Crippen LogP contribution in [-0.2, 0) is 6.54 Å². The van der Waals surface area contributed by atoms with Crippen LogP contribution in [0.5, 0.6) is 0 Å². The van der Waals surface area contributed by atoms with Gasteiger partial charge in [0.1, 0.15) is 12.4 Å². The highest BCUT2D eigenvalue weighted by Crippen LogP contribution is 2.08. The third kappa shape index (κ3) is 1.78. The van der Waals surface area contributed by atoms with Crippen LogP contribution < -0.4 is 0 Å². The van der Waals surface area contributed by atoms with Gasteiger partial charge in [-0.25, -0.2) is 14.6 Å². The minimum Gasteiger partial charge on any atom is -0.246 e. The van der Waals surface area contributed by atoms with Crippen LogP contribution in [0.1, 0.15) is 16.5 Å². The Morgan fingerprint density at radius 3 is 3.07 bits per heavy atom. The summed E-state index contributed by atoms with van der Waals surface area (Å²) in [5, 5.41) is 15.5. The average molecular weight is 205 g/mol. The van der Waals surface area contributed by atoms with E-state index in [0.29, 0.717) is 6.54 Å². The van der Waals surface area contributed by atoms with E-state index in [0.717, 1.165) is 10.7 Å². The summed E-state index contributed by atoms with van der Waals surface area (Å²) in [6.07, 6.45) is 1.53. The summed E-state index contributed by atoms with van der Waals surface area (Å²) in [7, 11) is 0. The van der Waals surface area contributed by atoms with Crippen LogP contribution in [0.3, 0.4) is 0 Å². The Balaban J connectivity index is 2.15. The van der Waals surface area contributed by atoms with Gasteiger partial charge in [-0.2, -0.15) is 5.26 Å². The van der Waals surface area contributed by atoms with Crippen LogP contribution in [0.25, 0.3) is 0 Å². The zero-order chi connectivity index (χ0) is 9.97. The molecular formula is C8H7N5S. The van der Waals surface area contributed by atoms with Crippen LogP contribution in [0.15, 0.2) is 11.7 Å². The van der Waals surface area contributed by atoms with Crippen molar-refractivity contribution < 1.29 is 0 Å². The molecule has 0 bridgehead atoms. The predicted molar refractivity (Wildman–Crippen MR) is 50.7 cm³/mol. The van der Waals surface area contributed by atoms with E-state index in [2.05, 4.69) is 15.1 Å². The SMILES string of the molecule is Cc1nc(Cn2cnc(C#N)n2)cs1. The normalized spacial score (nSPS) is 10.0. The molecular weight excluding hydrogens is 198 g/mol. The first-order valence-electron chi connectivity index (χ1n) is 3.98. The second-order valence-corrected chi connectivity index (χ2v) is 3.80. The molecule has 0 unspecified atom stereocenters. The molecule has 0 amide bonds. The maximum Gasteiger partial charge on any atom is 0.252 e. The van der Waals surface area contributed by atoms with Gasteiger partial charge in [-0.15, -0.1) is 16.4 Å². The zero-order valence-electron chi connectivity index (χ0n) is 7.51. The van der Waals surface area contributed by atoms with E-state index in [1.54, 1.807) is 16.0 Å². The number of thiazole rings is 1. The fraction of sp³-hybridized carbons (Fsp3) is 0.250. The van der Waals surface area contributed by atoms with E-state index in [1.807, 2.05) is 18.4 Å². The summed E-state index contributed by atoms with van der Waals surface area (Å²) < 4.78 is 1.60. The van der Waals surface area contributed by atoms with Gasteiger partial charge < -0.3 is 0 Å². The lowest BCUT2D eigenvalue weighted by Gasteiger charge is -1.94. The van der Waals surface area contributed by atoms with Gasteiger partial charge in [-0.3, -0.25) is 0 Å². The van der Waals surface area contributed by atoms with Crippen LogP contribution in [-0.4, -0.2) is 19.7 Å². The van der Waals surface area contributed by atoms with Crippen LogP contribution in [0.4, 0.5) is 0 Å². The number of aryl methyl sites for hydroxylation is 1. The summed E-state index contributed by atoms with van der Waals surface area (Å²) in [6, 6.07) is 1.88. The van der Waals surface area contributed by atoms with E-state index in [4.69, 9.17) is 5.26 Å². The zero-order valence-corrected chi connectivity index (χ0v) is 8.32. The molecule has 0 N–H and O–H groups in total. The van der Waals surface area contributed by atoms with Gasteiger partial charge in [0.05, 0.1) is 17.2 Å². The minimum absolute atomic E-state index is 0.192. The van der Waals surface area contributed by atoms with Gasteiger partial charge in [-0.1, -0.05) is 0 Å². The molecule has 6 heteroatoms. The first-order valence-corrected chi connectivity index (χ1v) is 4.86. The summed E-state index contributed by atoms with van der Waals surface area (Å²) in [5.41, 5.74) is 0.946. The quantitative estimate of drug-likeness (QED) is 0.732. The number of hydrogen-bond donors (Lipinski definition) is 0. The summed E-state index contributed by atoms with van der Waals surface area (Å²) in [6.45, 7) is 2.52. The summed E-state index contributed by atoms with van der Waals surface area (Å²) >= 11 is 1.60. The molecule has 0 aliphatic carbocycles. The third-order valence-corrected chi connectivity index (χ3v) is 2.45. The molecule has 0 saturated carbocycles. The van der Waals surface area contributed by atoms with Crippen LogP contribution in [0.2, 0.25) is 0 Å². The molecule has 0 aliphatic heterocycles. The summed E-state index contributed by atoms with van der Waals surface area (Å²) in [4.78, 5) is 8.09. The molecule has 0 atom stereocenters. The molecule has 0 radical (unpaired) electrons. The Morgan fingerprint density at radius 1 is 1.64 bits per heavy atom. The molecule has 0 fully saturated rings. The highest BCUT2D eigenvalue weighted by Gasteiger charge is 2.02. The van der Waals surface area contributed by atoms with Gasteiger partial charge in [0.15, 0.2) is 0 Å². The predicted octanol–water partition coefficient (Wildman–Crippen LogP) is 0.963. The van der Waals surface area contributed by atoms with Crippen molar-refractivity contribution in [3.63, 3.8) is 0 Å². The van der Waals surface area contributed by atoms with Gasteiger partial charge in [0.2, 0.25) is 0 Å². The molecule has 0 saturated heterocycles. The second-order valence-electron chi connectivity index (χ2n) is 2.74. The average Bonchev–Trinajstić information content (AvgIpc) is 2.76. The van der Waals surface area contributed by atoms with Crippen LogP contribution >= 0.6 is 11.3 Å². The van der Waals surface area contributed by atoms with Crippen LogP contribution in [0, 0.1) is 18.3 Å². The Hall–Kier alpha value is -1.74. The molecule has 0 aliphatic rings. The lowest BCUT2D eigenvalue weighted by molar-refractivity contribution is 0.670. The topological polar surface area (TPSA) is 67.4 Å². The fourth-order valence-corrected chi connectivity index (χ4v) is 1.67. The molecule has 2 aromatic rings. The highest BCUT2D eigenvalue weighted by atomic mass is 32.1. The molecule has 70 valence electrons. The Bertz CT molecular complexity index is 478. The number of nitrogens with zero attached hydrogens (tertiary/aromatic N) is 5.